The molecule has 2 rings (SSSR count). The van der Waals surface area contributed by atoms with Crippen LogP contribution >= 0.6 is 0 Å². The summed E-state index contributed by atoms with van der Waals surface area (Å²) in [6.07, 6.45) is 1.28. The largest absolute Gasteiger partial charge is 0.506 e. The van der Waals surface area contributed by atoms with Gasteiger partial charge in [-0.3, -0.25) is 4.90 Å². The van der Waals surface area contributed by atoms with E-state index in [2.05, 4.69) is 5.32 Å². The summed E-state index contributed by atoms with van der Waals surface area (Å²) in [5.74, 6) is 0.0990. The number of amides is 1. The molecule has 0 atom stereocenters. The first kappa shape index (κ1) is 15.6. The minimum atomic E-state index is -0.563. The van der Waals surface area contributed by atoms with Crippen LogP contribution in [0, 0.1) is 0 Å². The molecule has 1 heterocycles. The lowest BCUT2D eigenvalue weighted by Gasteiger charge is -2.36. The van der Waals surface area contributed by atoms with Crippen molar-refractivity contribution >= 4 is 11.8 Å². The molecule has 5 nitrogen and oxygen atoms in total. The van der Waals surface area contributed by atoms with Gasteiger partial charge in [0.25, 0.3) is 0 Å². The van der Waals surface area contributed by atoms with Gasteiger partial charge in [-0.15, -0.1) is 0 Å². The van der Waals surface area contributed by atoms with Crippen LogP contribution in [0.4, 0.5) is 10.5 Å². The minimum Gasteiger partial charge on any atom is -0.506 e. The molecule has 1 amide bonds. The minimum absolute atomic E-state index is 0.0365. The number of rotatable bonds is 2. The zero-order valence-electron chi connectivity index (χ0n) is 12.9. The third-order valence-electron chi connectivity index (χ3n) is 3.41. The Morgan fingerprint density at radius 3 is 2.48 bits per heavy atom. The number of nitrogens with zero attached hydrogens (tertiary/aromatic N) is 1. The average Bonchev–Trinajstić information content (AvgIpc) is 2.40. The molecule has 0 unspecified atom stereocenters. The summed E-state index contributed by atoms with van der Waals surface area (Å²) in [6.45, 7) is 7.25. The number of phenolic OH excluding ortho intramolecular Hbond substituents is 1. The molecule has 1 aliphatic heterocycles. The number of hydrogen-bond acceptors (Lipinski definition) is 4. The Hall–Kier alpha value is -1.75. The van der Waals surface area contributed by atoms with E-state index >= 15 is 0 Å². The van der Waals surface area contributed by atoms with Crippen molar-refractivity contribution in [2.45, 2.75) is 45.3 Å². The Labute approximate surface area is 125 Å². The molecule has 0 radical (unpaired) electrons. The lowest BCUT2D eigenvalue weighted by Crippen LogP contribution is -2.48. The summed E-state index contributed by atoms with van der Waals surface area (Å²) in [5, 5.41) is 13.4. The first-order valence-electron chi connectivity index (χ1n) is 7.39. The highest BCUT2D eigenvalue weighted by Crippen LogP contribution is 2.31. The third-order valence-corrected chi connectivity index (χ3v) is 3.41. The van der Waals surface area contributed by atoms with E-state index < -0.39 is 11.7 Å². The normalized spacial score (nSPS) is 16.5. The molecule has 2 N–H and O–H groups in total. The van der Waals surface area contributed by atoms with E-state index in [1.54, 1.807) is 23.1 Å². The average molecular weight is 292 g/mol. The van der Waals surface area contributed by atoms with Gasteiger partial charge in [-0.2, -0.15) is 0 Å². The fourth-order valence-corrected chi connectivity index (χ4v) is 2.49. The van der Waals surface area contributed by atoms with Crippen LogP contribution in [-0.4, -0.2) is 35.9 Å². The Balaban J connectivity index is 2.30. The highest BCUT2D eigenvalue weighted by atomic mass is 16.6. The maximum absolute atomic E-state index is 12.6. The van der Waals surface area contributed by atoms with E-state index in [4.69, 9.17) is 4.74 Å². The van der Waals surface area contributed by atoms with Gasteiger partial charge in [-0.25, -0.2) is 4.79 Å². The van der Waals surface area contributed by atoms with Gasteiger partial charge in [0.2, 0.25) is 0 Å². The number of aromatic hydroxyl groups is 1. The predicted octanol–water partition coefficient (Wildman–Crippen LogP) is 2.89. The maximum atomic E-state index is 12.6. The molecule has 21 heavy (non-hydrogen) atoms. The SMILES string of the molecule is CC(C)(C)OC(=O)N(c1ccccc1O)C1CCNCC1. The van der Waals surface area contributed by atoms with Crippen molar-refractivity contribution in [2.24, 2.45) is 0 Å². The number of anilines is 1. The molecule has 0 saturated carbocycles. The number of hydrogen-bond donors (Lipinski definition) is 2. The van der Waals surface area contributed by atoms with E-state index in [9.17, 15) is 9.90 Å². The van der Waals surface area contributed by atoms with Crippen molar-refractivity contribution in [1.29, 1.82) is 0 Å². The highest BCUT2D eigenvalue weighted by Gasteiger charge is 2.31. The molecule has 0 aromatic heterocycles. The summed E-state index contributed by atoms with van der Waals surface area (Å²) >= 11 is 0. The van der Waals surface area contributed by atoms with Crippen LogP contribution in [0.3, 0.4) is 0 Å². The molecule has 1 aromatic rings. The summed E-state index contributed by atoms with van der Waals surface area (Å²) in [4.78, 5) is 14.2. The van der Waals surface area contributed by atoms with Crippen LogP contribution < -0.4 is 10.2 Å². The molecular weight excluding hydrogens is 268 g/mol. The highest BCUT2D eigenvalue weighted by molar-refractivity contribution is 5.90. The lowest BCUT2D eigenvalue weighted by atomic mass is 10.0. The van der Waals surface area contributed by atoms with Gasteiger partial charge in [-0.1, -0.05) is 12.1 Å². The number of benzene rings is 1. The zero-order valence-corrected chi connectivity index (χ0v) is 12.9. The van der Waals surface area contributed by atoms with E-state index in [1.165, 1.54) is 0 Å². The van der Waals surface area contributed by atoms with Crippen LogP contribution in [0.5, 0.6) is 5.75 Å². The molecule has 1 fully saturated rings. The van der Waals surface area contributed by atoms with Crippen molar-refractivity contribution in [3.05, 3.63) is 24.3 Å². The van der Waals surface area contributed by atoms with Gasteiger partial charge in [0.1, 0.15) is 11.4 Å². The van der Waals surface area contributed by atoms with Gasteiger partial charge < -0.3 is 15.2 Å². The zero-order chi connectivity index (χ0) is 15.5. The van der Waals surface area contributed by atoms with Crippen LogP contribution in [0.15, 0.2) is 24.3 Å². The van der Waals surface area contributed by atoms with Crippen molar-refractivity contribution in [3.8, 4) is 5.75 Å². The van der Waals surface area contributed by atoms with E-state index in [1.807, 2.05) is 26.8 Å². The van der Waals surface area contributed by atoms with E-state index in [-0.39, 0.29) is 11.8 Å². The van der Waals surface area contributed by atoms with E-state index in [0.29, 0.717) is 5.69 Å². The monoisotopic (exact) mass is 292 g/mol. The van der Waals surface area contributed by atoms with Gasteiger partial charge in [0.15, 0.2) is 0 Å². The first-order chi connectivity index (χ1) is 9.88. The molecule has 0 aliphatic carbocycles. The molecule has 116 valence electrons. The van der Waals surface area contributed by atoms with Gasteiger partial charge in [0.05, 0.1) is 5.69 Å². The van der Waals surface area contributed by atoms with Crippen LogP contribution in [0.2, 0.25) is 0 Å². The smallest absolute Gasteiger partial charge is 0.415 e. The summed E-state index contributed by atoms with van der Waals surface area (Å²) < 4.78 is 5.52. The quantitative estimate of drug-likeness (QED) is 0.880. The number of para-hydroxylation sites is 2. The number of piperidine rings is 1. The number of ether oxygens (including phenoxy) is 1. The standard InChI is InChI=1S/C16H24N2O3/c1-16(2,3)21-15(20)18(12-8-10-17-11-9-12)13-6-4-5-7-14(13)19/h4-7,12,17,19H,8-11H2,1-3H3. The Kier molecular flexibility index (Phi) is 4.73. The Bertz CT molecular complexity index is 491. The second kappa shape index (κ2) is 6.35. The molecule has 5 heteroatoms. The number of carbonyl (C=O) groups is 1. The molecule has 0 bridgehead atoms. The van der Waals surface area contributed by atoms with Crippen molar-refractivity contribution in [2.75, 3.05) is 18.0 Å². The van der Waals surface area contributed by atoms with Gasteiger partial charge >= 0.3 is 6.09 Å². The lowest BCUT2D eigenvalue weighted by molar-refractivity contribution is 0.0558. The molecule has 1 aromatic carbocycles. The third kappa shape index (κ3) is 4.11. The Morgan fingerprint density at radius 2 is 1.90 bits per heavy atom. The molecule has 0 spiro atoms. The van der Waals surface area contributed by atoms with Crippen LogP contribution in [0.25, 0.3) is 0 Å². The van der Waals surface area contributed by atoms with Gasteiger partial charge in [-0.05, 0) is 58.8 Å². The fraction of sp³-hybridized carbons (Fsp3) is 0.562. The summed E-state index contributed by atoms with van der Waals surface area (Å²) in [7, 11) is 0. The first-order valence-corrected chi connectivity index (χ1v) is 7.39. The fourth-order valence-electron chi connectivity index (χ4n) is 2.49. The van der Waals surface area contributed by atoms with E-state index in [0.717, 1.165) is 25.9 Å². The van der Waals surface area contributed by atoms with Gasteiger partial charge in [0, 0.05) is 6.04 Å². The predicted molar refractivity (Wildman–Crippen MR) is 82.7 cm³/mol. The van der Waals surface area contributed by atoms with Crippen molar-refractivity contribution in [3.63, 3.8) is 0 Å². The number of carbonyl (C=O) groups excluding carboxylic acids is 1. The van der Waals surface area contributed by atoms with Crippen molar-refractivity contribution < 1.29 is 14.6 Å². The Morgan fingerprint density at radius 1 is 1.29 bits per heavy atom. The molecule has 1 aliphatic rings. The second-order valence-electron chi connectivity index (χ2n) is 6.32. The molecular formula is C16H24N2O3. The molecule has 1 saturated heterocycles. The number of nitrogens with one attached hydrogen (secondary N) is 1. The van der Waals surface area contributed by atoms with Crippen LogP contribution in [0.1, 0.15) is 33.6 Å². The topological polar surface area (TPSA) is 61.8 Å². The summed E-state index contributed by atoms with van der Waals surface area (Å²) in [6, 6.07) is 6.94. The second-order valence-corrected chi connectivity index (χ2v) is 6.32. The maximum Gasteiger partial charge on any atom is 0.415 e. The summed E-state index contributed by atoms with van der Waals surface area (Å²) in [5.41, 5.74) is -0.0502. The van der Waals surface area contributed by atoms with Crippen LogP contribution in [-0.2, 0) is 4.74 Å². The number of phenols is 1. The van der Waals surface area contributed by atoms with Crippen molar-refractivity contribution in [1.82, 2.24) is 5.32 Å².